The highest BCUT2D eigenvalue weighted by molar-refractivity contribution is 6.00. The fraction of sp³-hybridized carbons (Fsp3) is 0.370. The van der Waals surface area contributed by atoms with Gasteiger partial charge in [0.25, 0.3) is 5.91 Å². The Bertz CT molecular complexity index is 1230. The van der Waals surface area contributed by atoms with Gasteiger partial charge in [0.1, 0.15) is 12.0 Å². The standard InChI is InChI=1S/C27H29N3O5/c1-33-22-7-5-6-19(12-22)24(14-26(31)34-2)29-16-20-10-9-18(13-23(20)27(29)32)21-15-28-30(17-21)25-8-3-4-11-35-25/h5-7,9-10,12-13,15,17,24-25H,3-4,8,11,14,16H2,1-2H3. The number of amides is 1. The van der Waals surface area contributed by atoms with Crippen molar-refractivity contribution in [1.29, 1.82) is 0 Å². The quantitative estimate of drug-likeness (QED) is 0.468. The third-order valence-electron chi connectivity index (χ3n) is 6.77. The number of rotatable bonds is 7. The number of carbonyl (C=O) groups excluding carboxylic acids is 2. The lowest BCUT2D eigenvalue weighted by atomic mass is 10.0. The molecule has 0 saturated carbocycles. The number of aromatic nitrogens is 2. The average Bonchev–Trinajstić information content (AvgIpc) is 3.53. The van der Waals surface area contributed by atoms with Crippen LogP contribution < -0.4 is 4.74 Å². The fourth-order valence-corrected chi connectivity index (χ4v) is 4.83. The van der Waals surface area contributed by atoms with E-state index in [1.165, 1.54) is 7.11 Å². The molecule has 0 radical (unpaired) electrons. The first-order valence-corrected chi connectivity index (χ1v) is 11.9. The topological polar surface area (TPSA) is 82.9 Å². The van der Waals surface area contributed by atoms with E-state index in [0.29, 0.717) is 17.9 Å². The van der Waals surface area contributed by atoms with Crippen LogP contribution in [0.15, 0.2) is 54.9 Å². The maximum absolute atomic E-state index is 13.6. The van der Waals surface area contributed by atoms with Crippen LogP contribution in [0, 0.1) is 0 Å². The normalized spacial score (nSPS) is 18.3. The zero-order valence-corrected chi connectivity index (χ0v) is 20.0. The van der Waals surface area contributed by atoms with Gasteiger partial charge in [0.2, 0.25) is 0 Å². The minimum Gasteiger partial charge on any atom is -0.497 e. The zero-order valence-electron chi connectivity index (χ0n) is 20.0. The molecule has 35 heavy (non-hydrogen) atoms. The van der Waals surface area contributed by atoms with Gasteiger partial charge in [-0.1, -0.05) is 24.3 Å². The van der Waals surface area contributed by atoms with Crippen LogP contribution in [0.2, 0.25) is 0 Å². The van der Waals surface area contributed by atoms with Gasteiger partial charge in [-0.25, -0.2) is 4.68 Å². The van der Waals surface area contributed by atoms with E-state index in [-0.39, 0.29) is 24.5 Å². The number of esters is 1. The molecule has 0 aliphatic carbocycles. The summed E-state index contributed by atoms with van der Waals surface area (Å²) in [5.41, 5.74) is 4.25. The van der Waals surface area contributed by atoms with E-state index in [1.54, 1.807) is 12.0 Å². The van der Waals surface area contributed by atoms with Gasteiger partial charge in [-0.3, -0.25) is 9.59 Å². The van der Waals surface area contributed by atoms with Crippen LogP contribution in [-0.2, 0) is 20.8 Å². The summed E-state index contributed by atoms with van der Waals surface area (Å²) in [6.45, 7) is 1.17. The van der Waals surface area contributed by atoms with E-state index in [9.17, 15) is 9.59 Å². The van der Waals surface area contributed by atoms with Crippen LogP contribution in [0.5, 0.6) is 5.75 Å². The molecule has 3 heterocycles. The Labute approximate surface area is 204 Å². The molecule has 2 unspecified atom stereocenters. The van der Waals surface area contributed by atoms with Crippen molar-refractivity contribution in [2.45, 2.75) is 44.5 Å². The summed E-state index contributed by atoms with van der Waals surface area (Å²) in [7, 11) is 2.95. The van der Waals surface area contributed by atoms with E-state index in [4.69, 9.17) is 14.2 Å². The van der Waals surface area contributed by atoms with Crippen molar-refractivity contribution in [3.63, 3.8) is 0 Å². The monoisotopic (exact) mass is 475 g/mol. The molecule has 0 N–H and O–H groups in total. The van der Waals surface area contributed by atoms with E-state index in [0.717, 1.165) is 48.1 Å². The number of benzene rings is 2. The molecule has 0 spiro atoms. The Hall–Kier alpha value is -3.65. The third kappa shape index (κ3) is 4.66. The summed E-state index contributed by atoms with van der Waals surface area (Å²) in [5, 5.41) is 4.50. The summed E-state index contributed by atoms with van der Waals surface area (Å²) in [6, 6.07) is 12.9. The third-order valence-corrected chi connectivity index (χ3v) is 6.77. The van der Waals surface area contributed by atoms with Gasteiger partial charge in [-0.05, 0) is 54.2 Å². The Morgan fingerprint density at radius 2 is 2.06 bits per heavy atom. The number of nitrogens with zero attached hydrogens (tertiary/aromatic N) is 3. The SMILES string of the molecule is COC(=O)CC(c1cccc(OC)c1)N1Cc2ccc(-c3cnn(C4CCCCO4)c3)cc2C1=O. The highest BCUT2D eigenvalue weighted by Gasteiger charge is 2.35. The van der Waals surface area contributed by atoms with Gasteiger partial charge in [-0.2, -0.15) is 5.10 Å². The van der Waals surface area contributed by atoms with Crippen LogP contribution in [0.1, 0.15) is 59.4 Å². The van der Waals surface area contributed by atoms with Crippen molar-refractivity contribution >= 4 is 11.9 Å². The first-order chi connectivity index (χ1) is 17.1. The van der Waals surface area contributed by atoms with E-state index >= 15 is 0 Å². The highest BCUT2D eigenvalue weighted by Crippen LogP contribution is 2.36. The summed E-state index contributed by atoms with van der Waals surface area (Å²) in [5.74, 6) is 0.184. The predicted molar refractivity (Wildman–Crippen MR) is 129 cm³/mol. The van der Waals surface area contributed by atoms with Crippen LogP contribution in [-0.4, -0.2) is 47.4 Å². The zero-order chi connectivity index (χ0) is 24.4. The van der Waals surface area contributed by atoms with Crippen molar-refractivity contribution in [3.05, 3.63) is 71.5 Å². The molecule has 8 nitrogen and oxygen atoms in total. The molecule has 1 amide bonds. The molecule has 2 aromatic carbocycles. The summed E-state index contributed by atoms with van der Waals surface area (Å²) >= 11 is 0. The molecule has 0 bridgehead atoms. The second-order valence-electron chi connectivity index (χ2n) is 8.91. The lowest BCUT2D eigenvalue weighted by Crippen LogP contribution is -2.31. The molecule has 1 fully saturated rings. The van der Waals surface area contributed by atoms with Crippen LogP contribution in [0.4, 0.5) is 0 Å². The minimum absolute atomic E-state index is 0.0361. The Morgan fingerprint density at radius 3 is 2.83 bits per heavy atom. The van der Waals surface area contributed by atoms with Crippen LogP contribution in [0.3, 0.4) is 0 Å². The highest BCUT2D eigenvalue weighted by atomic mass is 16.5. The minimum atomic E-state index is -0.466. The number of hydrogen-bond acceptors (Lipinski definition) is 6. The molecule has 3 aromatic rings. The second kappa shape index (κ2) is 9.92. The summed E-state index contributed by atoms with van der Waals surface area (Å²) in [6.07, 6.45) is 6.98. The fourth-order valence-electron chi connectivity index (χ4n) is 4.83. The molecule has 2 aliphatic rings. The van der Waals surface area contributed by atoms with Crippen LogP contribution in [0.25, 0.3) is 11.1 Å². The molecule has 182 valence electrons. The van der Waals surface area contributed by atoms with Gasteiger partial charge < -0.3 is 19.1 Å². The molecular formula is C27H29N3O5. The van der Waals surface area contributed by atoms with Gasteiger partial charge in [0.05, 0.1) is 32.9 Å². The Balaban J connectivity index is 1.42. The summed E-state index contributed by atoms with van der Waals surface area (Å²) in [4.78, 5) is 27.6. The maximum Gasteiger partial charge on any atom is 0.307 e. The Kier molecular flexibility index (Phi) is 6.55. The molecule has 5 rings (SSSR count). The van der Waals surface area contributed by atoms with E-state index in [2.05, 4.69) is 5.10 Å². The van der Waals surface area contributed by atoms with Crippen molar-refractivity contribution in [2.24, 2.45) is 0 Å². The average molecular weight is 476 g/mol. The number of hydrogen-bond donors (Lipinski definition) is 0. The van der Waals surface area contributed by atoms with Crippen molar-refractivity contribution in [2.75, 3.05) is 20.8 Å². The van der Waals surface area contributed by atoms with Gasteiger partial charge in [0.15, 0.2) is 0 Å². The number of methoxy groups -OCH3 is 2. The maximum atomic E-state index is 13.6. The second-order valence-corrected chi connectivity index (χ2v) is 8.91. The van der Waals surface area contributed by atoms with E-state index < -0.39 is 6.04 Å². The molecular weight excluding hydrogens is 446 g/mol. The summed E-state index contributed by atoms with van der Waals surface area (Å²) < 4.78 is 18.0. The van der Waals surface area contributed by atoms with Gasteiger partial charge in [0, 0.05) is 30.5 Å². The number of carbonyl (C=O) groups is 2. The largest absolute Gasteiger partial charge is 0.497 e. The first-order valence-electron chi connectivity index (χ1n) is 11.9. The van der Waals surface area contributed by atoms with Crippen molar-refractivity contribution in [3.8, 4) is 16.9 Å². The lowest BCUT2D eigenvalue weighted by molar-refractivity contribution is -0.141. The van der Waals surface area contributed by atoms with Gasteiger partial charge in [-0.15, -0.1) is 0 Å². The van der Waals surface area contributed by atoms with Crippen molar-refractivity contribution < 1.29 is 23.8 Å². The van der Waals surface area contributed by atoms with Gasteiger partial charge >= 0.3 is 5.97 Å². The molecule has 2 aliphatic heterocycles. The smallest absolute Gasteiger partial charge is 0.307 e. The van der Waals surface area contributed by atoms with E-state index in [1.807, 2.05) is 59.5 Å². The van der Waals surface area contributed by atoms with Crippen molar-refractivity contribution in [1.82, 2.24) is 14.7 Å². The Morgan fingerprint density at radius 1 is 1.17 bits per heavy atom. The first kappa shape index (κ1) is 23.1. The number of fused-ring (bicyclic) bond motifs is 1. The molecule has 1 aromatic heterocycles. The molecule has 2 atom stereocenters. The molecule has 8 heteroatoms. The predicted octanol–water partition coefficient (Wildman–Crippen LogP) is 4.52. The number of ether oxygens (including phenoxy) is 3. The molecule has 1 saturated heterocycles. The lowest BCUT2D eigenvalue weighted by Gasteiger charge is -2.27. The van der Waals surface area contributed by atoms with Crippen LogP contribution >= 0.6 is 0 Å².